The lowest BCUT2D eigenvalue weighted by atomic mass is 10.0. The Kier molecular flexibility index (Phi) is 11.1. The lowest BCUT2D eigenvalue weighted by Gasteiger charge is -2.02. The molecule has 2 nitrogen and oxygen atoms in total. The maximum atomic E-state index is 10.9. The maximum absolute atomic E-state index is 10.9. The van der Waals surface area contributed by atoms with Crippen LogP contribution in [0.5, 0.6) is 0 Å². The molecule has 21 heavy (non-hydrogen) atoms. The summed E-state index contributed by atoms with van der Waals surface area (Å²) in [5, 5.41) is 2.03. The lowest BCUT2D eigenvalue weighted by molar-refractivity contribution is -0.140. The summed E-state index contributed by atoms with van der Waals surface area (Å²) in [7, 11) is 1.47. The normalized spacial score (nSPS) is 20.5. The molecule has 0 bridgehead atoms. The summed E-state index contributed by atoms with van der Waals surface area (Å²) >= 11 is 2.21. The Balaban J connectivity index is 1.71. The van der Waals surface area contributed by atoms with E-state index in [4.69, 9.17) is 0 Å². The van der Waals surface area contributed by atoms with Crippen molar-refractivity contribution in [2.75, 3.05) is 7.11 Å². The highest BCUT2D eigenvalue weighted by atomic mass is 32.2. The molecule has 0 aromatic rings. The van der Waals surface area contributed by atoms with E-state index >= 15 is 0 Å². The van der Waals surface area contributed by atoms with Gasteiger partial charge in [-0.15, -0.1) is 0 Å². The summed E-state index contributed by atoms with van der Waals surface area (Å²) in [6, 6.07) is 0. The van der Waals surface area contributed by atoms with Crippen LogP contribution in [0.1, 0.15) is 90.4 Å². The molecule has 1 heterocycles. The van der Waals surface area contributed by atoms with Crippen molar-refractivity contribution < 1.29 is 9.53 Å². The topological polar surface area (TPSA) is 26.3 Å². The number of ether oxygens (including phenoxy) is 1. The molecule has 1 aliphatic rings. The van der Waals surface area contributed by atoms with Crippen molar-refractivity contribution in [1.29, 1.82) is 0 Å². The minimum atomic E-state index is -0.0648. The van der Waals surface area contributed by atoms with Gasteiger partial charge in [-0.05, 0) is 19.3 Å². The summed E-state index contributed by atoms with van der Waals surface area (Å²) in [6.07, 6.45) is 16.7. The summed E-state index contributed by atoms with van der Waals surface area (Å²) in [5.41, 5.74) is 0. The van der Waals surface area contributed by atoms with Crippen molar-refractivity contribution in [2.45, 2.75) is 101 Å². The van der Waals surface area contributed by atoms with Gasteiger partial charge in [-0.3, -0.25) is 4.79 Å². The number of rotatable bonds is 14. The van der Waals surface area contributed by atoms with Crippen LogP contribution in [0.15, 0.2) is 0 Å². The molecule has 0 amide bonds. The molecular formula is C18H34O2S. The first-order valence-electron chi connectivity index (χ1n) is 9.00. The third-order valence-electron chi connectivity index (χ3n) is 4.36. The molecule has 2 unspecified atom stereocenters. The molecular weight excluding hydrogens is 280 g/mol. The van der Waals surface area contributed by atoms with Crippen LogP contribution in [0.2, 0.25) is 0 Å². The fourth-order valence-electron chi connectivity index (χ4n) is 2.93. The smallest absolute Gasteiger partial charge is 0.305 e. The van der Waals surface area contributed by atoms with Crippen LogP contribution in [0.4, 0.5) is 0 Å². The van der Waals surface area contributed by atoms with Gasteiger partial charge < -0.3 is 4.74 Å². The van der Waals surface area contributed by atoms with E-state index in [-0.39, 0.29) is 5.97 Å². The van der Waals surface area contributed by atoms with Crippen LogP contribution < -0.4 is 0 Å². The van der Waals surface area contributed by atoms with E-state index < -0.39 is 0 Å². The molecule has 0 N–H and O–H groups in total. The van der Waals surface area contributed by atoms with Crippen LogP contribution >= 0.6 is 11.8 Å². The zero-order valence-corrected chi connectivity index (χ0v) is 14.9. The fraction of sp³-hybridized carbons (Fsp3) is 0.944. The van der Waals surface area contributed by atoms with Gasteiger partial charge in [0.25, 0.3) is 0 Å². The van der Waals surface area contributed by atoms with Gasteiger partial charge in [0.2, 0.25) is 0 Å². The van der Waals surface area contributed by atoms with E-state index in [1.54, 1.807) is 0 Å². The molecule has 1 saturated heterocycles. The van der Waals surface area contributed by atoms with Crippen LogP contribution in [-0.2, 0) is 9.53 Å². The molecule has 1 aliphatic heterocycles. The zero-order valence-electron chi connectivity index (χ0n) is 14.1. The highest BCUT2D eigenvalue weighted by molar-refractivity contribution is 8.07. The van der Waals surface area contributed by atoms with Gasteiger partial charge in [0.15, 0.2) is 0 Å². The average Bonchev–Trinajstić information content (AvgIpc) is 3.23. The molecule has 3 heteroatoms. The van der Waals surface area contributed by atoms with Gasteiger partial charge in [0, 0.05) is 16.9 Å². The molecule has 0 aliphatic carbocycles. The monoisotopic (exact) mass is 314 g/mol. The SMILES string of the molecule is CCCC1SC1CCCCCCCCCCCC(=O)OC. The molecule has 0 aromatic heterocycles. The highest BCUT2D eigenvalue weighted by Crippen LogP contribution is 2.47. The zero-order chi connectivity index (χ0) is 15.3. The minimum absolute atomic E-state index is 0.0648. The quantitative estimate of drug-likeness (QED) is 0.232. The van der Waals surface area contributed by atoms with Gasteiger partial charge in [0.1, 0.15) is 0 Å². The van der Waals surface area contributed by atoms with Crippen molar-refractivity contribution >= 4 is 17.7 Å². The van der Waals surface area contributed by atoms with E-state index in [1.807, 2.05) is 0 Å². The number of hydrogen-bond acceptors (Lipinski definition) is 3. The predicted octanol–water partition coefficient (Wildman–Crippen LogP) is 5.73. The Morgan fingerprint density at radius 1 is 0.857 bits per heavy atom. The van der Waals surface area contributed by atoms with Crippen molar-refractivity contribution in [3.8, 4) is 0 Å². The van der Waals surface area contributed by atoms with Gasteiger partial charge in [-0.25, -0.2) is 0 Å². The standard InChI is InChI=1S/C18H34O2S/c1-3-13-16-17(21-16)14-11-9-7-5-4-6-8-10-12-15-18(19)20-2/h16-17H,3-15H2,1-2H3. The molecule has 0 spiro atoms. The number of thioether (sulfide) groups is 1. The highest BCUT2D eigenvalue weighted by Gasteiger charge is 2.35. The third-order valence-corrected chi connectivity index (χ3v) is 5.87. The fourth-order valence-corrected chi connectivity index (χ4v) is 4.23. The Morgan fingerprint density at radius 3 is 1.95 bits per heavy atom. The van der Waals surface area contributed by atoms with Crippen LogP contribution in [0, 0.1) is 0 Å². The number of carbonyl (C=O) groups excluding carboxylic acids is 1. The first-order chi connectivity index (χ1) is 10.3. The lowest BCUT2D eigenvalue weighted by Crippen LogP contribution is -1.99. The van der Waals surface area contributed by atoms with Crippen molar-refractivity contribution in [3.63, 3.8) is 0 Å². The summed E-state index contributed by atoms with van der Waals surface area (Å²) in [5.74, 6) is -0.0648. The van der Waals surface area contributed by atoms with E-state index in [2.05, 4.69) is 23.4 Å². The first-order valence-corrected chi connectivity index (χ1v) is 9.94. The largest absolute Gasteiger partial charge is 0.469 e. The van der Waals surface area contributed by atoms with Crippen molar-refractivity contribution in [3.05, 3.63) is 0 Å². The van der Waals surface area contributed by atoms with Gasteiger partial charge in [0.05, 0.1) is 7.11 Å². The van der Waals surface area contributed by atoms with Gasteiger partial charge in [-0.2, -0.15) is 11.8 Å². The van der Waals surface area contributed by atoms with Gasteiger partial charge >= 0.3 is 5.97 Å². The number of unbranched alkanes of at least 4 members (excludes halogenated alkanes) is 8. The Hall–Kier alpha value is -0.180. The molecule has 0 aromatic carbocycles. The van der Waals surface area contributed by atoms with E-state index in [0.29, 0.717) is 6.42 Å². The molecule has 1 fully saturated rings. The first kappa shape index (κ1) is 18.9. The van der Waals surface area contributed by atoms with Gasteiger partial charge in [-0.1, -0.05) is 64.7 Å². The molecule has 0 saturated carbocycles. The van der Waals surface area contributed by atoms with E-state index in [9.17, 15) is 4.79 Å². The molecule has 124 valence electrons. The summed E-state index contributed by atoms with van der Waals surface area (Å²) < 4.78 is 4.63. The summed E-state index contributed by atoms with van der Waals surface area (Å²) in [6.45, 7) is 2.30. The number of hydrogen-bond donors (Lipinski definition) is 0. The predicted molar refractivity (Wildman–Crippen MR) is 92.9 cm³/mol. The second kappa shape index (κ2) is 12.4. The number of esters is 1. The van der Waals surface area contributed by atoms with Crippen LogP contribution in [-0.4, -0.2) is 23.6 Å². The second-order valence-corrected chi connectivity index (χ2v) is 7.78. The molecule has 0 radical (unpaired) electrons. The second-order valence-electron chi connectivity index (χ2n) is 6.30. The van der Waals surface area contributed by atoms with Crippen LogP contribution in [0.25, 0.3) is 0 Å². The minimum Gasteiger partial charge on any atom is -0.469 e. The van der Waals surface area contributed by atoms with Crippen molar-refractivity contribution in [2.24, 2.45) is 0 Å². The molecule has 2 atom stereocenters. The number of methoxy groups -OCH3 is 1. The Morgan fingerprint density at radius 2 is 1.38 bits per heavy atom. The number of carbonyl (C=O) groups is 1. The summed E-state index contributed by atoms with van der Waals surface area (Å²) in [4.78, 5) is 10.9. The maximum Gasteiger partial charge on any atom is 0.305 e. The average molecular weight is 315 g/mol. The van der Waals surface area contributed by atoms with E-state index in [0.717, 1.165) is 16.9 Å². The van der Waals surface area contributed by atoms with Crippen LogP contribution in [0.3, 0.4) is 0 Å². The molecule has 1 rings (SSSR count). The van der Waals surface area contributed by atoms with E-state index in [1.165, 1.54) is 77.7 Å². The Bertz CT molecular complexity index is 268. The third kappa shape index (κ3) is 10.2. The Labute approximate surface area is 135 Å². The van der Waals surface area contributed by atoms with Crippen molar-refractivity contribution in [1.82, 2.24) is 0 Å².